The Bertz CT molecular complexity index is 41.6. The third kappa shape index (κ3) is 2.01. The second-order valence-corrected chi connectivity index (χ2v) is 1.25. The van der Waals surface area contributed by atoms with E-state index in [9.17, 15) is 0 Å². The molecule has 0 aromatic rings. The highest BCUT2D eigenvalue weighted by Crippen LogP contribution is 2.23. The van der Waals surface area contributed by atoms with Crippen LogP contribution in [0.15, 0.2) is 12.2 Å². The van der Waals surface area contributed by atoms with Crippen molar-refractivity contribution in [1.29, 1.82) is 0 Å². The molecule has 0 amide bonds. The lowest BCUT2D eigenvalue weighted by Crippen LogP contribution is -1.12. The number of rotatable bonds is 0. The highest BCUT2D eigenvalue weighted by molar-refractivity contribution is 8.93. The third-order valence-corrected chi connectivity index (χ3v) is 0.604. The van der Waals surface area contributed by atoms with Crippen molar-refractivity contribution < 1.29 is 0 Å². The van der Waals surface area contributed by atoms with Crippen molar-refractivity contribution in [3.8, 4) is 0 Å². The second-order valence-electron chi connectivity index (χ2n) is 1.25. The fourth-order valence-corrected chi connectivity index (χ4v) is 0.0884. The minimum absolute atomic E-state index is 0. The summed E-state index contributed by atoms with van der Waals surface area (Å²) in [7, 11) is 0. The minimum atomic E-state index is 0. The van der Waals surface area contributed by atoms with E-state index in [-0.39, 0.29) is 17.0 Å². The van der Waals surface area contributed by atoms with Gasteiger partial charge in [-0.1, -0.05) is 12.2 Å². The van der Waals surface area contributed by atoms with Gasteiger partial charge in [0.25, 0.3) is 0 Å². The molecule has 1 rings (SSSR count). The Morgan fingerprint density at radius 1 is 1.40 bits per heavy atom. The molecule has 0 nitrogen and oxygen atoms in total. The molecule has 0 saturated heterocycles. The smallest absolute Gasteiger partial charge is 0.0286 e. The highest BCUT2D eigenvalue weighted by Gasteiger charge is 2.04. The van der Waals surface area contributed by atoms with Crippen LogP contribution in [-0.4, -0.2) is 0 Å². The summed E-state index contributed by atoms with van der Waals surface area (Å²) < 4.78 is 0. The summed E-state index contributed by atoms with van der Waals surface area (Å²) in [6.07, 6.45) is 2.58. The van der Waals surface area contributed by atoms with Crippen LogP contribution >= 0.6 is 17.0 Å². The van der Waals surface area contributed by atoms with Gasteiger partial charge < -0.3 is 0 Å². The number of hydrogen-bond acceptors (Lipinski definition) is 0. The van der Waals surface area contributed by atoms with E-state index in [1.165, 1.54) is 18.4 Å². The summed E-state index contributed by atoms with van der Waals surface area (Å²) in [5, 5.41) is 0. The Morgan fingerprint density at radius 3 is 1.60 bits per heavy atom. The molecule has 0 spiro atoms. The lowest BCUT2D eigenvalue weighted by molar-refractivity contribution is 1.50. The molecular formula is C4H7Br. The van der Waals surface area contributed by atoms with E-state index in [1.807, 2.05) is 0 Å². The zero-order chi connectivity index (χ0) is 2.99. The van der Waals surface area contributed by atoms with E-state index >= 15 is 0 Å². The van der Waals surface area contributed by atoms with E-state index in [4.69, 9.17) is 0 Å². The summed E-state index contributed by atoms with van der Waals surface area (Å²) in [6, 6.07) is 0. The van der Waals surface area contributed by atoms with Crippen LogP contribution in [0.5, 0.6) is 0 Å². The van der Waals surface area contributed by atoms with Gasteiger partial charge in [0.15, 0.2) is 0 Å². The van der Waals surface area contributed by atoms with Gasteiger partial charge in [-0.2, -0.15) is 0 Å². The highest BCUT2D eigenvalue weighted by atomic mass is 79.9. The Kier molecular flexibility index (Phi) is 1.68. The maximum atomic E-state index is 3.67. The zero-order valence-corrected chi connectivity index (χ0v) is 4.74. The molecule has 0 bridgehead atoms. The molecule has 30 valence electrons. The van der Waals surface area contributed by atoms with E-state index in [1.54, 1.807) is 0 Å². The monoisotopic (exact) mass is 134 g/mol. The number of allylic oxidation sites excluding steroid dienone is 1. The fourth-order valence-electron chi connectivity index (χ4n) is 0.0884. The summed E-state index contributed by atoms with van der Waals surface area (Å²) >= 11 is 0. The average molecular weight is 135 g/mol. The van der Waals surface area contributed by atoms with Crippen LogP contribution < -0.4 is 0 Å². The molecule has 1 aliphatic rings. The average Bonchev–Trinajstić information content (AvgIpc) is 1.75. The predicted molar refractivity (Wildman–Crippen MR) is 28.7 cm³/mol. The molecule has 0 atom stereocenters. The van der Waals surface area contributed by atoms with Gasteiger partial charge in [0.05, 0.1) is 0 Å². The van der Waals surface area contributed by atoms with E-state index in [0.29, 0.717) is 0 Å². The van der Waals surface area contributed by atoms with E-state index < -0.39 is 0 Å². The van der Waals surface area contributed by atoms with Gasteiger partial charge in [-0.05, 0) is 12.8 Å². The topological polar surface area (TPSA) is 0 Å². The number of hydrogen-bond donors (Lipinski definition) is 0. The van der Waals surface area contributed by atoms with E-state index in [2.05, 4.69) is 6.58 Å². The molecule has 0 unspecified atom stereocenters. The minimum Gasteiger partial charge on any atom is -0.114 e. The maximum absolute atomic E-state index is 3.67. The van der Waals surface area contributed by atoms with Crippen LogP contribution in [0, 0.1) is 0 Å². The van der Waals surface area contributed by atoms with Crippen LogP contribution in [0.25, 0.3) is 0 Å². The maximum Gasteiger partial charge on any atom is -0.0286 e. The van der Waals surface area contributed by atoms with Crippen molar-refractivity contribution in [3.63, 3.8) is 0 Å². The van der Waals surface area contributed by atoms with Crippen molar-refractivity contribution in [2.75, 3.05) is 0 Å². The van der Waals surface area contributed by atoms with Crippen molar-refractivity contribution in [3.05, 3.63) is 12.2 Å². The second kappa shape index (κ2) is 1.61. The van der Waals surface area contributed by atoms with Gasteiger partial charge in [-0.25, -0.2) is 0 Å². The van der Waals surface area contributed by atoms with Crippen molar-refractivity contribution in [2.24, 2.45) is 0 Å². The molecule has 0 aromatic heterocycles. The van der Waals surface area contributed by atoms with Crippen LogP contribution in [0.1, 0.15) is 12.8 Å². The van der Waals surface area contributed by atoms with E-state index in [0.717, 1.165) is 0 Å². The van der Waals surface area contributed by atoms with Crippen LogP contribution in [-0.2, 0) is 0 Å². The molecule has 0 aliphatic heterocycles. The van der Waals surface area contributed by atoms with Crippen LogP contribution in [0.2, 0.25) is 0 Å². The molecule has 1 aliphatic carbocycles. The molecule has 0 aromatic carbocycles. The van der Waals surface area contributed by atoms with Gasteiger partial charge in [0.1, 0.15) is 0 Å². The van der Waals surface area contributed by atoms with Crippen LogP contribution in [0.4, 0.5) is 0 Å². The lowest BCUT2D eigenvalue weighted by atomic mass is 10.7. The molecule has 1 heteroatoms. The third-order valence-electron chi connectivity index (χ3n) is 0.604. The van der Waals surface area contributed by atoms with Gasteiger partial charge in [-0.15, -0.1) is 17.0 Å². The fraction of sp³-hybridized carbons (Fsp3) is 0.500. The Morgan fingerprint density at radius 2 is 1.60 bits per heavy atom. The first-order valence-electron chi connectivity index (χ1n) is 1.56. The van der Waals surface area contributed by atoms with Crippen molar-refractivity contribution in [2.45, 2.75) is 12.8 Å². The molecule has 1 fully saturated rings. The first kappa shape index (κ1) is 5.22. The lowest BCUT2D eigenvalue weighted by Gasteiger charge is -1.34. The quantitative estimate of drug-likeness (QED) is 0.445. The Hall–Kier alpha value is 0.220. The zero-order valence-electron chi connectivity index (χ0n) is 3.03. The normalized spacial score (nSPS) is 17.2. The standard InChI is InChI=1S/C4H6.BrH/c1-4-2-3-4;/h1-3H2;1H. The summed E-state index contributed by atoms with van der Waals surface area (Å²) in [5.41, 5.74) is 1.42. The van der Waals surface area contributed by atoms with Gasteiger partial charge in [0, 0.05) is 0 Å². The molecular weight excluding hydrogens is 128 g/mol. The van der Waals surface area contributed by atoms with Gasteiger partial charge in [-0.3, -0.25) is 0 Å². The molecule has 1 saturated carbocycles. The Labute approximate surface area is 42.7 Å². The van der Waals surface area contributed by atoms with Gasteiger partial charge in [0.2, 0.25) is 0 Å². The summed E-state index contributed by atoms with van der Waals surface area (Å²) in [6.45, 7) is 3.67. The molecule has 0 heterocycles. The van der Waals surface area contributed by atoms with Gasteiger partial charge >= 0.3 is 0 Å². The first-order valence-corrected chi connectivity index (χ1v) is 1.56. The Balaban J connectivity index is 0.000000160. The van der Waals surface area contributed by atoms with Crippen LogP contribution in [0.3, 0.4) is 0 Å². The molecule has 0 radical (unpaired) electrons. The summed E-state index contributed by atoms with van der Waals surface area (Å²) in [4.78, 5) is 0. The molecule has 5 heavy (non-hydrogen) atoms. The predicted octanol–water partition coefficient (Wildman–Crippen LogP) is 1.91. The number of halogens is 1. The SMILES string of the molecule is Br.C=C1CC1. The first-order chi connectivity index (χ1) is 1.89. The van der Waals surface area contributed by atoms with Crippen molar-refractivity contribution >= 4 is 17.0 Å². The summed E-state index contributed by atoms with van der Waals surface area (Å²) in [5.74, 6) is 0. The largest absolute Gasteiger partial charge is 0.114 e. The molecule has 0 N–H and O–H groups in total. The van der Waals surface area contributed by atoms with Crippen molar-refractivity contribution in [1.82, 2.24) is 0 Å².